The summed E-state index contributed by atoms with van der Waals surface area (Å²) in [5, 5.41) is 0. The number of allylic oxidation sites excluding steroid dienone is 4. The maximum absolute atomic E-state index is 12.5. The Morgan fingerprint density at radius 2 is 1.82 bits per heavy atom. The monoisotopic (exact) mass is 374 g/mol. The van der Waals surface area contributed by atoms with E-state index in [1.807, 2.05) is 6.08 Å². The summed E-state index contributed by atoms with van der Waals surface area (Å²) >= 11 is 0. The van der Waals surface area contributed by atoms with Crippen LogP contribution >= 0.6 is 0 Å². The molecule has 5 atom stereocenters. The second-order valence-electron chi connectivity index (χ2n) is 9.74. The second-order valence-corrected chi connectivity index (χ2v) is 9.74. The number of rotatable bonds is 2. The number of carbonyl (C=O) groups is 2. The topological polar surface area (TPSA) is 34.1 Å². The molecule has 0 heterocycles. The van der Waals surface area contributed by atoms with E-state index in [0.29, 0.717) is 35.7 Å². The molecule has 0 bridgehead atoms. The lowest BCUT2D eigenvalue weighted by atomic mass is 9.51. The van der Waals surface area contributed by atoms with E-state index in [1.165, 1.54) is 23.1 Å². The Morgan fingerprint density at radius 1 is 1.04 bits per heavy atom. The molecule has 0 aliphatic heterocycles. The first-order chi connectivity index (χ1) is 13.5. The van der Waals surface area contributed by atoms with Crippen molar-refractivity contribution < 1.29 is 9.59 Å². The zero-order chi connectivity index (χ0) is 19.5. The van der Waals surface area contributed by atoms with Gasteiger partial charge >= 0.3 is 0 Å². The molecule has 0 aromatic heterocycles. The quantitative estimate of drug-likeness (QED) is 0.656. The third-order valence-electron chi connectivity index (χ3n) is 8.42. The highest BCUT2D eigenvalue weighted by atomic mass is 16.1. The summed E-state index contributed by atoms with van der Waals surface area (Å²) in [5.41, 5.74) is 5.93. The molecule has 2 saturated carbocycles. The molecule has 4 aliphatic carbocycles. The van der Waals surface area contributed by atoms with Crippen LogP contribution in [0.15, 0.2) is 53.1 Å². The van der Waals surface area contributed by atoms with Crippen molar-refractivity contribution in [2.24, 2.45) is 23.2 Å². The molecule has 0 N–H and O–H groups in total. The molecule has 4 aliphatic rings. The van der Waals surface area contributed by atoms with Crippen LogP contribution in [-0.2, 0) is 9.59 Å². The third-order valence-corrected chi connectivity index (χ3v) is 8.42. The van der Waals surface area contributed by atoms with Gasteiger partial charge in [0.2, 0.25) is 0 Å². The maximum Gasteiger partial charge on any atom is 0.156 e. The van der Waals surface area contributed by atoms with Gasteiger partial charge in [-0.05, 0) is 85.5 Å². The van der Waals surface area contributed by atoms with Crippen molar-refractivity contribution in [2.45, 2.75) is 64.7 Å². The number of Topliss-reactive ketones (excluding diaryl/α,β-unsaturated/α-hetero) is 1. The zero-order valence-corrected chi connectivity index (χ0v) is 17.0. The molecular formula is C26H30O2. The molecule has 0 unspecified atom stereocenters. The van der Waals surface area contributed by atoms with Crippen molar-refractivity contribution >= 4 is 11.6 Å². The fourth-order valence-corrected chi connectivity index (χ4v) is 7.31. The Balaban J connectivity index is 1.68. The minimum atomic E-state index is 0.104. The van der Waals surface area contributed by atoms with Crippen LogP contribution in [0.4, 0.5) is 0 Å². The van der Waals surface area contributed by atoms with Crippen LogP contribution in [0.2, 0.25) is 0 Å². The molecule has 146 valence electrons. The van der Waals surface area contributed by atoms with Crippen molar-refractivity contribution in [3.05, 3.63) is 58.7 Å². The van der Waals surface area contributed by atoms with Gasteiger partial charge in [-0.25, -0.2) is 0 Å². The van der Waals surface area contributed by atoms with Crippen LogP contribution in [0.25, 0.3) is 0 Å². The van der Waals surface area contributed by atoms with E-state index in [2.05, 4.69) is 37.3 Å². The number of carbonyl (C=O) groups excluding carboxylic acids is 2. The lowest BCUT2D eigenvalue weighted by Gasteiger charge is -2.52. The predicted octanol–water partition coefficient (Wildman–Crippen LogP) is 5.79. The van der Waals surface area contributed by atoms with E-state index in [-0.39, 0.29) is 11.3 Å². The Labute approximate surface area is 168 Å². The third kappa shape index (κ3) is 2.60. The van der Waals surface area contributed by atoms with Crippen LogP contribution in [0.1, 0.15) is 70.3 Å². The second kappa shape index (κ2) is 6.54. The van der Waals surface area contributed by atoms with E-state index in [0.717, 1.165) is 32.1 Å². The standard InChI is InChI=1S/C26H30O2/c1-16(27)23-12-13-24-21-10-8-18-14-19(28)9-11-20(18)25(21)22(15-26(23,24)2)17-6-4-3-5-7-17/h3-7,14,21-24H,8-13,15H2,1-2H3/t21-,22+,23+,24-,26+/m0/s1. The average molecular weight is 375 g/mol. The summed E-state index contributed by atoms with van der Waals surface area (Å²) < 4.78 is 0. The van der Waals surface area contributed by atoms with Crippen LogP contribution in [-0.4, -0.2) is 11.6 Å². The van der Waals surface area contributed by atoms with Gasteiger partial charge in [0.25, 0.3) is 0 Å². The summed E-state index contributed by atoms with van der Waals surface area (Å²) in [6.45, 7) is 4.21. The van der Waals surface area contributed by atoms with Gasteiger partial charge in [-0.2, -0.15) is 0 Å². The van der Waals surface area contributed by atoms with Gasteiger partial charge in [0.1, 0.15) is 5.78 Å². The molecule has 5 rings (SSSR count). The van der Waals surface area contributed by atoms with Crippen molar-refractivity contribution in [1.29, 1.82) is 0 Å². The Hall–Kier alpha value is -1.96. The number of fused-ring (bicyclic) bond motifs is 4. The van der Waals surface area contributed by atoms with Crippen LogP contribution in [0.5, 0.6) is 0 Å². The van der Waals surface area contributed by atoms with Gasteiger partial charge < -0.3 is 0 Å². The first-order valence-electron chi connectivity index (χ1n) is 11.0. The molecule has 0 saturated heterocycles. The van der Waals surface area contributed by atoms with Gasteiger partial charge in [-0.3, -0.25) is 9.59 Å². The van der Waals surface area contributed by atoms with E-state index >= 15 is 0 Å². The fraction of sp³-hybridized carbons (Fsp3) is 0.538. The lowest BCUT2D eigenvalue weighted by molar-refractivity contribution is -0.125. The smallest absolute Gasteiger partial charge is 0.156 e. The minimum absolute atomic E-state index is 0.104. The average Bonchev–Trinajstić information content (AvgIpc) is 3.04. The highest BCUT2D eigenvalue weighted by Gasteiger charge is 2.57. The number of hydrogen-bond acceptors (Lipinski definition) is 2. The van der Waals surface area contributed by atoms with E-state index in [4.69, 9.17) is 0 Å². The van der Waals surface area contributed by atoms with E-state index in [1.54, 1.807) is 12.5 Å². The van der Waals surface area contributed by atoms with Gasteiger partial charge in [-0.1, -0.05) is 42.8 Å². The molecular weight excluding hydrogens is 344 g/mol. The highest BCUT2D eigenvalue weighted by molar-refractivity contribution is 5.93. The molecule has 0 spiro atoms. The van der Waals surface area contributed by atoms with Gasteiger partial charge in [-0.15, -0.1) is 0 Å². The summed E-state index contributed by atoms with van der Waals surface area (Å²) in [5.74, 6) is 2.47. The number of hydrogen-bond donors (Lipinski definition) is 0. The first-order valence-corrected chi connectivity index (χ1v) is 11.0. The van der Waals surface area contributed by atoms with E-state index in [9.17, 15) is 9.59 Å². The van der Waals surface area contributed by atoms with Gasteiger partial charge in [0.05, 0.1) is 0 Å². The molecule has 2 fully saturated rings. The summed E-state index contributed by atoms with van der Waals surface area (Å²) in [7, 11) is 0. The van der Waals surface area contributed by atoms with Crippen molar-refractivity contribution in [2.75, 3.05) is 0 Å². The van der Waals surface area contributed by atoms with Crippen molar-refractivity contribution in [1.82, 2.24) is 0 Å². The molecule has 2 heteroatoms. The maximum atomic E-state index is 12.5. The molecule has 2 nitrogen and oxygen atoms in total. The van der Waals surface area contributed by atoms with Crippen LogP contribution < -0.4 is 0 Å². The first kappa shape index (κ1) is 18.1. The Morgan fingerprint density at radius 3 is 2.57 bits per heavy atom. The fourth-order valence-electron chi connectivity index (χ4n) is 7.31. The normalized spacial score (nSPS) is 37.1. The predicted molar refractivity (Wildman–Crippen MR) is 111 cm³/mol. The summed E-state index contributed by atoms with van der Waals surface area (Å²) in [6.07, 6.45) is 9.00. The molecule has 0 amide bonds. The SMILES string of the molecule is CC(=O)[C@H]1CC[C@H]2[C@@H]3CCC4=CC(=O)CCC4=C3[C@@H](c3ccccc3)C[C@]12C. The van der Waals surface area contributed by atoms with Crippen molar-refractivity contribution in [3.63, 3.8) is 0 Å². The Kier molecular flexibility index (Phi) is 4.23. The molecule has 28 heavy (non-hydrogen) atoms. The Bertz CT molecular complexity index is 890. The van der Waals surface area contributed by atoms with Crippen LogP contribution in [0, 0.1) is 23.2 Å². The zero-order valence-electron chi connectivity index (χ0n) is 17.0. The highest BCUT2D eigenvalue weighted by Crippen LogP contribution is 2.65. The van der Waals surface area contributed by atoms with Crippen LogP contribution in [0.3, 0.4) is 0 Å². The number of benzene rings is 1. The summed E-state index contributed by atoms with van der Waals surface area (Å²) in [6, 6.07) is 10.9. The minimum Gasteiger partial charge on any atom is -0.300 e. The van der Waals surface area contributed by atoms with Gasteiger partial charge in [0.15, 0.2) is 5.78 Å². The lowest BCUT2D eigenvalue weighted by Crippen LogP contribution is -2.44. The van der Waals surface area contributed by atoms with E-state index < -0.39 is 0 Å². The molecule has 0 radical (unpaired) electrons. The number of ketones is 2. The van der Waals surface area contributed by atoms with Crippen molar-refractivity contribution in [3.8, 4) is 0 Å². The van der Waals surface area contributed by atoms with Gasteiger partial charge in [0, 0.05) is 18.3 Å². The largest absolute Gasteiger partial charge is 0.300 e. The summed E-state index contributed by atoms with van der Waals surface area (Å²) in [4.78, 5) is 24.6. The molecule has 1 aromatic rings. The molecule has 1 aromatic carbocycles.